The number of pyridine rings is 2. The average molecular weight is 408 g/mol. The lowest BCUT2D eigenvalue weighted by atomic mass is 10.1. The van der Waals surface area contributed by atoms with Gasteiger partial charge in [-0.25, -0.2) is 13.1 Å². The Morgan fingerprint density at radius 3 is 2.50 bits per heavy atom. The number of aromatic nitrogens is 2. The van der Waals surface area contributed by atoms with Crippen molar-refractivity contribution in [1.29, 1.82) is 0 Å². The highest BCUT2D eigenvalue weighted by molar-refractivity contribution is 7.89. The summed E-state index contributed by atoms with van der Waals surface area (Å²) in [6, 6.07) is 10.1. The van der Waals surface area contributed by atoms with Crippen LogP contribution in [0.1, 0.15) is 11.1 Å². The number of hydrogen-bond donors (Lipinski definition) is 1. The third-order valence-corrected chi connectivity index (χ3v) is 6.07. The fraction of sp³-hybridized carbons (Fsp3) is 0.111. The summed E-state index contributed by atoms with van der Waals surface area (Å²) in [6.45, 7) is 1.80. The molecule has 8 heteroatoms. The number of rotatable bonds is 5. The first kappa shape index (κ1) is 18.8. The van der Waals surface area contributed by atoms with E-state index in [2.05, 4.69) is 14.7 Å². The Kier molecular flexibility index (Phi) is 5.58. The molecule has 0 spiro atoms. The number of aryl methyl sites for hydroxylation is 1. The van der Waals surface area contributed by atoms with Crippen LogP contribution in [0.5, 0.6) is 0 Å². The van der Waals surface area contributed by atoms with Crippen molar-refractivity contribution in [3.8, 4) is 11.3 Å². The number of nitrogens with one attached hydrogen (secondary N) is 1. The Bertz CT molecular complexity index is 1040. The molecule has 0 unspecified atom stereocenters. The third kappa shape index (κ3) is 4.04. The highest BCUT2D eigenvalue weighted by atomic mass is 35.5. The molecule has 1 N–H and O–H groups in total. The Hall–Kier alpha value is -1.99. The van der Waals surface area contributed by atoms with Crippen LogP contribution in [0.2, 0.25) is 10.0 Å². The van der Waals surface area contributed by atoms with Crippen molar-refractivity contribution in [1.82, 2.24) is 14.7 Å². The molecule has 26 heavy (non-hydrogen) atoms. The van der Waals surface area contributed by atoms with Gasteiger partial charge in [0.15, 0.2) is 0 Å². The van der Waals surface area contributed by atoms with Crippen molar-refractivity contribution in [2.24, 2.45) is 0 Å². The summed E-state index contributed by atoms with van der Waals surface area (Å²) in [7, 11) is -3.81. The van der Waals surface area contributed by atoms with E-state index < -0.39 is 10.0 Å². The molecule has 0 atom stereocenters. The van der Waals surface area contributed by atoms with E-state index >= 15 is 0 Å². The number of nitrogens with zero attached hydrogens (tertiary/aromatic N) is 2. The second-order valence-electron chi connectivity index (χ2n) is 5.60. The van der Waals surface area contributed by atoms with Gasteiger partial charge in [-0.05, 0) is 48.4 Å². The predicted octanol–water partition coefficient (Wildman–Crippen LogP) is 4.24. The van der Waals surface area contributed by atoms with Crippen LogP contribution in [0.25, 0.3) is 11.3 Å². The fourth-order valence-corrected chi connectivity index (χ4v) is 4.27. The van der Waals surface area contributed by atoms with Crippen molar-refractivity contribution in [2.75, 3.05) is 0 Å². The summed E-state index contributed by atoms with van der Waals surface area (Å²) in [4.78, 5) is 8.34. The number of sulfonamides is 1. The zero-order valence-corrected chi connectivity index (χ0v) is 16.1. The topological polar surface area (TPSA) is 72.0 Å². The number of benzene rings is 1. The van der Waals surface area contributed by atoms with E-state index in [1.165, 1.54) is 12.1 Å². The molecule has 1 aromatic carbocycles. The van der Waals surface area contributed by atoms with Gasteiger partial charge in [-0.3, -0.25) is 9.97 Å². The van der Waals surface area contributed by atoms with Gasteiger partial charge in [0.05, 0.1) is 10.7 Å². The molecular weight excluding hydrogens is 393 g/mol. The van der Waals surface area contributed by atoms with E-state index in [0.29, 0.717) is 16.3 Å². The van der Waals surface area contributed by atoms with Gasteiger partial charge in [0.25, 0.3) is 0 Å². The van der Waals surface area contributed by atoms with Gasteiger partial charge in [0, 0.05) is 35.7 Å². The number of halogens is 2. The van der Waals surface area contributed by atoms with Crippen LogP contribution in [0.4, 0.5) is 0 Å². The SMILES string of the molecule is Cc1cc(S(=O)(=O)NCc2cccnc2-c2ccncc2)c(Cl)cc1Cl. The lowest BCUT2D eigenvalue weighted by Crippen LogP contribution is -2.24. The average Bonchev–Trinajstić information content (AvgIpc) is 2.64. The standard InChI is InChI=1S/C18H15Cl2N3O2S/c1-12-9-17(16(20)10-15(12)19)26(24,25)23-11-14-3-2-6-22-18(14)13-4-7-21-8-5-13/h2-10,23H,11H2,1H3. The van der Waals surface area contributed by atoms with Crippen LogP contribution in [-0.4, -0.2) is 18.4 Å². The highest BCUT2D eigenvalue weighted by Gasteiger charge is 2.20. The molecule has 5 nitrogen and oxygen atoms in total. The van der Waals surface area contributed by atoms with Crippen LogP contribution in [0.15, 0.2) is 59.9 Å². The Morgan fingerprint density at radius 1 is 1.04 bits per heavy atom. The van der Waals surface area contributed by atoms with Gasteiger partial charge in [0.1, 0.15) is 4.90 Å². The molecule has 0 saturated carbocycles. The molecule has 3 aromatic rings. The van der Waals surface area contributed by atoms with Gasteiger partial charge in [-0.1, -0.05) is 29.3 Å². The summed E-state index contributed by atoms with van der Waals surface area (Å²) in [5.74, 6) is 0. The van der Waals surface area contributed by atoms with Crippen molar-refractivity contribution < 1.29 is 8.42 Å². The Labute approximate surface area is 162 Å². The zero-order chi connectivity index (χ0) is 18.7. The van der Waals surface area contributed by atoms with E-state index in [1.54, 1.807) is 31.6 Å². The van der Waals surface area contributed by atoms with E-state index in [1.807, 2.05) is 18.2 Å². The molecule has 2 aromatic heterocycles. The largest absolute Gasteiger partial charge is 0.265 e. The summed E-state index contributed by atoms with van der Waals surface area (Å²) in [6.07, 6.45) is 4.98. The van der Waals surface area contributed by atoms with Crippen LogP contribution in [0, 0.1) is 6.92 Å². The monoisotopic (exact) mass is 407 g/mol. The molecule has 134 valence electrons. The maximum absolute atomic E-state index is 12.7. The molecule has 0 bridgehead atoms. The summed E-state index contributed by atoms with van der Waals surface area (Å²) < 4.78 is 27.9. The van der Waals surface area contributed by atoms with Crippen LogP contribution >= 0.6 is 23.2 Å². The van der Waals surface area contributed by atoms with E-state index in [9.17, 15) is 8.42 Å². The maximum Gasteiger partial charge on any atom is 0.242 e. The summed E-state index contributed by atoms with van der Waals surface area (Å²) >= 11 is 12.1. The van der Waals surface area contributed by atoms with Gasteiger partial charge in [-0.2, -0.15) is 0 Å². The molecule has 0 amide bonds. The zero-order valence-electron chi connectivity index (χ0n) is 13.8. The van der Waals surface area contributed by atoms with Gasteiger partial charge in [0.2, 0.25) is 10.0 Å². The minimum atomic E-state index is -3.81. The second-order valence-corrected chi connectivity index (χ2v) is 8.15. The second kappa shape index (κ2) is 7.72. The van der Waals surface area contributed by atoms with E-state index in [-0.39, 0.29) is 16.5 Å². The Morgan fingerprint density at radius 2 is 1.77 bits per heavy atom. The normalized spacial score (nSPS) is 11.5. The van der Waals surface area contributed by atoms with Crippen molar-refractivity contribution in [2.45, 2.75) is 18.4 Å². The van der Waals surface area contributed by atoms with Gasteiger partial charge >= 0.3 is 0 Å². The molecule has 2 heterocycles. The summed E-state index contributed by atoms with van der Waals surface area (Å²) in [5, 5.41) is 0.495. The Balaban J connectivity index is 1.89. The molecular formula is C18H15Cl2N3O2S. The van der Waals surface area contributed by atoms with E-state index in [0.717, 1.165) is 11.1 Å². The molecule has 0 fully saturated rings. The molecule has 0 saturated heterocycles. The minimum absolute atomic E-state index is 0.00424. The van der Waals surface area contributed by atoms with Crippen LogP contribution < -0.4 is 4.72 Å². The van der Waals surface area contributed by atoms with Crippen LogP contribution in [-0.2, 0) is 16.6 Å². The van der Waals surface area contributed by atoms with Crippen molar-refractivity contribution >= 4 is 33.2 Å². The molecule has 3 rings (SSSR count). The maximum atomic E-state index is 12.7. The number of hydrogen-bond acceptors (Lipinski definition) is 4. The molecule has 0 aliphatic rings. The van der Waals surface area contributed by atoms with Gasteiger partial charge in [-0.15, -0.1) is 0 Å². The quantitative estimate of drug-likeness (QED) is 0.686. The van der Waals surface area contributed by atoms with Crippen molar-refractivity contribution in [3.05, 3.63) is 76.2 Å². The minimum Gasteiger partial charge on any atom is -0.265 e. The lowest BCUT2D eigenvalue weighted by molar-refractivity contribution is 0.581. The van der Waals surface area contributed by atoms with Crippen LogP contribution in [0.3, 0.4) is 0 Å². The first-order valence-corrected chi connectivity index (χ1v) is 9.92. The van der Waals surface area contributed by atoms with E-state index in [4.69, 9.17) is 23.2 Å². The summed E-state index contributed by atoms with van der Waals surface area (Å²) in [5.41, 5.74) is 2.92. The fourth-order valence-electron chi connectivity index (χ4n) is 2.44. The highest BCUT2D eigenvalue weighted by Crippen LogP contribution is 2.28. The molecule has 0 aliphatic heterocycles. The smallest absolute Gasteiger partial charge is 0.242 e. The van der Waals surface area contributed by atoms with Gasteiger partial charge < -0.3 is 0 Å². The predicted molar refractivity (Wildman–Crippen MR) is 103 cm³/mol. The molecule has 0 radical (unpaired) electrons. The first-order chi connectivity index (χ1) is 12.4. The van der Waals surface area contributed by atoms with Crippen molar-refractivity contribution in [3.63, 3.8) is 0 Å². The third-order valence-electron chi connectivity index (χ3n) is 3.80. The first-order valence-electron chi connectivity index (χ1n) is 7.68. The lowest BCUT2D eigenvalue weighted by Gasteiger charge is -2.12. The molecule has 0 aliphatic carbocycles.